The second kappa shape index (κ2) is 6.44. The summed E-state index contributed by atoms with van der Waals surface area (Å²) in [6.45, 7) is 6.40. The molecule has 0 fully saturated rings. The van der Waals surface area contributed by atoms with Crippen molar-refractivity contribution in [2.45, 2.75) is 20.8 Å². The molecule has 21 heavy (non-hydrogen) atoms. The average Bonchev–Trinajstić information content (AvgIpc) is 2.46. The summed E-state index contributed by atoms with van der Waals surface area (Å²) in [5, 5.41) is 0. The number of hydrogen-bond donors (Lipinski definition) is 0. The molecule has 0 aliphatic rings. The molecule has 0 radical (unpaired) electrons. The van der Waals surface area contributed by atoms with Crippen molar-refractivity contribution in [2.24, 2.45) is 0 Å². The third-order valence-electron chi connectivity index (χ3n) is 3.30. The van der Waals surface area contributed by atoms with E-state index in [4.69, 9.17) is 9.47 Å². The number of ketones is 1. The number of aryl methyl sites for hydroxylation is 2. The summed E-state index contributed by atoms with van der Waals surface area (Å²) >= 11 is 0. The Bertz CT molecular complexity index is 660. The van der Waals surface area contributed by atoms with Crippen molar-refractivity contribution in [3.63, 3.8) is 0 Å². The first-order valence-electron chi connectivity index (χ1n) is 6.99. The summed E-state index contributed by atoms with van der Waals surface area (Å²) in [5.41, 5.74) is 3.20. The molecule has 0 amide bonds. The van der Waals surface area contributed by atoms with Gasteiger partial charge in [0.1, 0.15) is 11.5 Å². The predicted octanol–water partition coefficient (Wildman–Crippen LogP) is 3.94. The van der Waals surface area contributed by atoms with Crippen LogP contribution in [0, 0.1) is 13.8 Å². The molecular weight excluding hydrogens is 264 g/mol. The number of hydrogen-bond acceptors (Lipinski definition) is 3. The Morgan fingerprint density at radius 3 is 2.57 bits per heavy atom. The van der Waals surface area contributed by atoms with E-state index in [-0.39, 0.29) is 5.78 Å². The van der Waals surface area contributed by atoms with Gasteiger partial charge in [0.15, 0.2) is 5.78 Å². The van der Waals surface area contributed by atoms with Crippen LogP contribution in [0.2, 0.25) is 0 Å². The molecule has 0 aliphatic carbocycles. The summed E-state index contributed by atoms with van der Waals surface area (Å²) in [7, 11) is 1.58. The van der Waals surface area contributed by atoms with Crippen LogP contribution >= 0.6 is 0 Å². The second-order valence-electron chi connectivity index (χ2n) is 4.95. The van der Waals surface area contributed by atoms with Crippen molar-refractivity contribution in [1.82, 2.24) is 0 Å². The highest BCUT2D eigenvalue weighted by Crippen LogP contribution is 2.27. The number of benzene rings is 2. The number of rotatable bonds is 5. The van der Waals surface area contributed by atoms with Crippen LogP contribution in [0.4, 0.5) is 0 Å². The normalized spacial score (nSPS) is 10.3. The van der Waals surface area contributed by atoms with Gasteiger partial charge in [-0.1, -0.05) is 18.2 Å². The van der Waals surface area contributed by atoms with Crippen LogP contribution in [-0.2, 0) is 0 Å². The maximum Gasteiger partial charge on any atom is 0.197 e. The van der Waals surface area contributed by atoms with Crippen molar-refractivity contribution in [1.29, 1.82) is 0 Å². The highest BCUT2D eigenvalue weighted by molar-refractivity contribution is 6.11. The summed E-state index contributed by atoms with van der Waals surface area (Å²) in [5.74, 6) is 1.26. The topological polar surface area (TPSA) is 35.5 Å². The fourth-order valence-electron chi connectivity index (χ4n) is 2.42. The fourth-order valence-corrected chi connectivity index (χ4v) is 2.42. The Labute approximate surface area is 125 Å². The molecule has 110 valence electrons. The van der Waals surface area contributed by atoms with Crippen LogP contribution in [0.15, 0.2) is 36.4 Å². The molecule has 0 bridgehead atoms. The number of methoxy groups -OCH3 is 1. The van der Waals surface area contributed by atoms with E-state index in [0.29, 0.717) is 29.2 Å². The number of ether oxygens (including phenoxy) is 2. The van der Waals surface area contributed by atoms with E-state index in [1.807, 2.05) is 45.0 Å². The Kier molecular flexibility index (Phi) is 4.63. The minimum Gasteiger partial charge on any atom is -0.496 e. The van der Waals surface area contributed by atoms with Crippen LogP contribution in [0.1, 0.15) is 34.0 Å². The maximum absolute atomic E-state index is 12.8. The lowest BCUT2D eigenvalue weighted by atomic mass is 9.96. The van der Waals surface area contributed by atoms with Crippen molar-refractivity contribution in [3.8, 4) is 11.5 Å². The van der Waals surface area contributed by atoms with Gasteiger partial charge in [-0.25, -0.2) is 0 Å². The van der Waals surface area contributed by atoms with Gasteiger partial charge in [-0.15, -0.1) is 0 Å². The van der Waals surface area contributed by atoms with Crippen LogP contribution < -0.4 is 9.47 Å². The zero-order chi connectivity index (χ0) is 15.4. The van der Waals surface area contributed by atoms with E-state index in [1.165, 1.54) is 0 Å². The van der Waals surface area contributed by atoms with Gasteiger partial charge in [0.2, 0.25) is 0 Å². The molecule has 0 atom stereocenters. The first-order valence-corrected chi connectivity index (χ1v) is 6.99. The van der Waals surface area contributed by atoms with Crippen molar-refractivity contribution in [2.75, 3.05) is 13.7 Å². The number of carbonyl (C=O) groups excluding carboxylic acids is 1. The molecule has 3 nitrogen and oxygen atoms in total. The third kappa shape index (κ3) is 3.24. The first-order chi connectivity index (χ1) is 10.1. The Hall–Kier alpha value is -2.29. The largest absolute Gasteiger partial charge is 0.496 e. The highest BCUT2D eigenvalue weighted by atomic mass is 16.5. The predicted molar refractivity (Wildman–Crippen MR) is 83.5 cm³/mol. The minimum absolute atomic E-state index is 0.0501. The van der Waals surface area contributed by atoms with E-state index < -0.39 is 0 Å². The van der Waals surface area contributed by atoms with Crippen molar-refractivity contribution in [3.05, 3.63) is 58.7 Å². The quantitative estimate of drug-likeness (QED) is 0.780. The molecule has 0 saturated heterocycles. The van der Waals surface area contributed by atoms with Crippen molar-refractivity contribution < 1.29 is 14.3 Å². The first kappa shape index (κ1) is 15.1. The molecule has 0 N–H and O–H groups in total. The lowest BCUT2D eigenvalue weighted by molar-refractivity contribution is 0.103. The van der Waals surface area contributed by atoms with E-state index in [9.17, 15) is 4.79 Å². The van der Waals surface area contributed by atoms with Gasteiger partial charge >= 0.3 is 0 Å². The Morgan fingerprint density at radius 2 is 1.90 bits per heavy atom. The lowest BCUT2D eigenvalue weighted by Crippen LogP contribution is -2.07. The zero-order valence-electron chi connectivity index (χ0n) is 12.9. The summed E-state index contributed by atoms with van der Waals surface area (Å²) in [6.07, 6.45) is 0. The zero-order valence-corrected chi connectivity index (χ0v) is 12.9. The summed E-state index contributed by atoms with van der Waals surface area (Å²) in [4.78, 5) is 12.8. The van der Waals surface area contributed by atoms with E-state index in [1.54, 1.807) is 19.2 Å². The molecule has 0 unspecified atom stereocenters. The highest BCUT2D eigenvalue weighted by Gasteiger charge is 2.18. The molecule has 0 aromatic heterocycles. The van der Waals surface area contributed by atoms with E-state index in [0.717, 1.165) is 11.1 Å². The Morgan fingerprint density at radius 1 is 1.14 bits per heavy atom. The van der Waals surface area contributed by atoms with Crippen LogP contribution in [-0.4, -0.2) is 19.5 Å². The van der Waals surface area contributed by atoms with Gasteiger partial charge in [-0.3, -0.25) is 4.79 Å². The SMILES string of the molecule is CCOc1cccc(C(=O)c2c(C)cc(C)cc2OC)c1. The van der Waals surface area contributed by atoms with Gasteiger partial charge in [0.25, 0.3) is 0 Å². The lowest BCUT2D eigenvalue weighted by Gasteiger charge is -2.13. The van der Waals surface area contributed by atoms with Crippen LogP contribution in [0.25, 0.3) is 0 Å². The van der Waals surface area contributed by atoms with Gasteiger partial charge in [0, 0.05) is 5.56 Å². The molecule has 2 aromatic rings. The van der Waals surface area contributed by atoms with Crippen LogP contribution in [0.3, 0.4) is 0 Å². The Balaban J connectivity index is 2.47. The molecule has 0 aliphatic heterocycles. The molecule has 2 aromatic carbocycles. The molecule has 0 saturated carbocycles. The molecule has 0 spiro atoms. The molecule has 3 heteroatoms. The summed E-state index contributed by atoms with van der Waals surface area (Å²) in [6, 6.07) is 11.1. The fraction of sp³-hybridized carbons (Fsp3) is 0.278. The monoisotopic (exact) mass is 284 g/mol. The average molecular weight is 284 g/mol. The van der Waals surface area contributed by atoms with E-state index in [2.05, 4.69) is 0 Å². The van der Waals surface area contributed by atoms with Gasteiger partial charge in [-0.2, -0.15) is 0 Å². The smallest absolute Gasteiger partial charge is 0.197 e. The summed E-state index contributed by atoms with van der Waals surface area (Å²) < 4.78 is 10.8. The molecular formula is C18H20O3. The molecule has 2 rings (SSSR count). The maximum atomic E-state index is 12.8. The van der Waals surface area contributed by atoms with Crippen molar-refractivity contribution >= 4 is 5.78 Å². The minimum atomic E-state index is -0.0501. The van der Waals surface area contributed by atoms with Gasteiger partial charge < -0.3 is 9.47 Å². The standard InChI is InChI=1S/C18H20O3/c1-5-21-15-8-6-7-14(11-15)18(19)17-13(3)9-12(2)10-16(17)20-4/h6-11H,5H2,1-4H3. The van der Waals surface area contributed by atoms with Gasteiger partial charge in [-0.05, 0) is 50.1 Å². The third-order valence-corrected chi connectivity index (χ3v) is 3.30. The second-order valence-corrected chi connectivity index (χ2v) is 4.95. The van der Waals surface area contributed by atoms with Gasteiger partial charge in [0.05, 0.1) is 19.3 Å². The van der Waals surface area contributed by atoms with E-state index >= 15 is 0 Å². The molecule has 0 heterocycles. The van der Waals surface area contributed by atoms with Crippen LogP contribution in [0.5, 0.6) is 11.5 Å². The number of carbonyl (C=O) groups is 1.